The number of pyridine rings is 1. The molecule has 0 radical (unpaired) electrons. The summed E-state index contributed by atoms with van der Waals surface area (Å²) in [5, 5.41) is 7.18. The predicted octanol–water partition coefficient (Wildman–Crippen LogP) is 3.12. The van der Waals surface area contributed by atoms with Crippen molar-refractivity contribution in [3.8, 4) is 0 Å². The van der Waals surface area contributed by atoms with Gasteiger partial charge in [-0.1, -0.05) is 19.4 Å². The third-order valence-electron chi connectivity index (χ3n) is 4.20. The zero-order chi connectivity index (χ0) is 15.4. The van der Waals surface area contributed by atoms with Gasteiger partial charge in [0.2, 0.25) is 0 Å². The first-order valence-corrected chi connectivity index (χ1v) is 8.04. The fourth-order valence-corrected chi connectivity index (χ4v) is 3.11. The number of aromatic amines is 1. The van der Waals surface area contributed by atoms with E-state index in [4.69, 9.17) is 0 Å². The predicted molar refractivity (Wildman–Crippen MR) is 84.4 cm³/mol. The molecule has 5 nitrogen and oxygen atoms in total. The van der Waals surface area contributed by atoms with Gasteiger partial charge in [-0.05, 0) is 43.4 Å². The van der Waals surface area contributed by atoms with Gasteiger partial charge >= 0.3 is 0 Å². The van der Waals surface area contributed by atoms with Crippen molar-refractivity contribution in [3.05, 3.63) is 47.5 Å². The maximum Gasteiger partial charge on any atom is 0.274 e. The number of H-pyrrole nitrogens is 1. The SMILES string of the molecule is CCCc1cc(C(=O)N2CCCC[C@@H]2c2cccnc2)n[nH]1. The van der Waals surface area contributed by atoms with Crippen molar-refractivity contribution >= 4 is 5.91 Å². The van der Waals surface area contributed by atoms with Crippen molar-refractivity contribution in [1.82, 2.24) is 20.1 Å². The lowest BCUT2D eigenvalue weighted by Gasteiger charge is -2.35. The van der Waals surface area contributed by atoms with Crippen LogP contribution in [0.25, 0.3) is 0 Å². The second kappa shape index (κ2) is 6.73. The molecule has 1 aliphatic heterocycles. The molecule has 2 aromatic rings. The number of aryl methyl sites for hydroxylation is 1. The molecule has 1 N–H and O–H groups in total. The highest BCUT2D eigenvalue weighted by Gasteiger charge is 2.29. The summed E-state index contributed by atoms with van der Waals surface area (Å²) >= 11 is 0. The molecule has 116 valence electrons. The molecule has 1 aliphatic rings. The minimum Gasteiger partial charge on any atom is -0.330 e. The van der Waals surface area contributed by atoms with Crippen LogP contribution in [0.2, 0.25) is 0 Å². The first-order valence-electron chi connectivity index (χ1n) is 8.04. The number of piperidine rings is 1. The Balaban J connectivity index is 1.82. The summed E-state index contributed by atoms with van der Waals surface area (Å²) in [6.45, 7) is 2.90. The Hall–Kier alpha value is -2.17. The van der Waals surface area contributed by atoms with Crippen LogP contribution < -0.4 is 0 Å². The summed E-state index contributed by atoms with van der Waals surface area (Å²) in [4.78, 5) is 19.0. The van der Waals surface area contributed by atoms with Crippen molar-refractivity contribution in [2.24, 2.45) is 0 Å². The van der Waals surface area contributed by atoms with Crippen LogP contribution in [-0.2, 0) is 6.42 Å². The van der Waals surface area contributed by atoms with Gasteiger partial charge in [0.1, 0.15) is 5.69 Å². The number of likely N-dealkylation sites (tertiary alicyclic amines) is 1. The van der Waals surface area contributed by atoms with Gasteiger partial charge in [-0.15, -0.1) is 0 Å². The van der Waals surface area contributed by atoms with Crippen molar-refractivity contribution in [2.45, 2.75) is 45.1 Å². The molecule has 0 spiro atoms. The topological polar surface area (TPSA) is 61.9 Å². The van der Waals surface area contributed by atoms with Crippen molar-refractivity contribution < 1.29 is 4.79 Å². The molecule has 1 saturated heterocycles. The van der Waals surface area contributed by atoms with Gasteiger partial charge in [-0.25, -0.2) is 0 Å². The third kappa shape index (κ3) is 3.03. The van der Waals surface area contributed by atoms with Crippen LogP contribution >= 0.6 is 0 Å². The summed E-state index contributed by atoms with van der Waals surface area (Å²) in [6.07, 6.45) is 8.78. The minimum absolute atomic E-state index is 0.0205. The van der Waals surface area contributed by atoms with Crippen molar-refractivity contribution in [2.75, 3.05) is 6.54 Å². The van der Waals surface area contributed by atoms with E-state index in [9.17, 15) is 4.79 Å². The van der Waals surface area contributed by atoms with E-state index in [0.717, 1.165) is 49.9 Å². The van der Waals surface area contributed by atoms with E-state index in [1.807, 2.05) is 23.2 Å². The van der Waals surface area contributed by atoms with Gasteiger partial charge in [0, 0.05) is 24.6 Å². The van der Waals surface area contributed by atoms with Gasteiger partial charge in [-0.3, -0.25) is 14.9 Å². The molecule has 2 aromatic heterocycles. The number of nitrogens with one attached hydrogen (secondary N) is 1. The fourth-order valence-electron chi connectivity index (χ4n) is 3.11. The summed E-state index contributed by atoms with van der Waals surface area (Å²) in [5.41, 5.74) is 2.67. The maximum absolute atomic E-state index is 12.8. The van der Waals surface area contributed by atoms with Gasteiger partial charge in [0.15, 0.2) is 0 Å². The Morgan fingerprint density at radius 3 is 3.14 bits per heavy atom. The summed E-state index contributed by atoms with van der Waals surface area (Å²) in [7, 11) is 0. The van der Waals surface area contributed by atoms with Crippen molar-refractivity contribution in [1.29, 1.82) is 0 Å². The summed E-state index contributed by atoms with van der Waals surface area (Å²) < 4.78 is 0. The Labute approximate surface area is 130 Å². The molecule has 0 aliphatic carbocycles. The van der Waals surface area contributed by atoms with Crippen LogP contribution in [0.1, 0.15) is 60.4 Å². The van der Waals surface area contributed by atoms with Crippen LogP contribution in [-0.4, -0.2) is 32.5 Å². The van der Waals surface area contributed by atoms with Crippen LogP contribution in [0.4, 0.5) is 0 Å². The highest BCUT2D eigenvalue weighted by atomic mass is 16.2. The lowest BCUT2D eigenvalue weighted by Crippen LogP contribution is -2.38. The molecule has 0 aromatic carbocycles. The Bertz CT molecular complexity index is 623. The Morgan fingerprint density at radius 1 is 1.45 bits per heavy atom. The van der Waals surface area contributed by atoms with Gasteiger partial charge in [0.25, 0.3) is 5.91 Å². The van der Waals surface area contributed by atoms with Gasteiger partial charge in [0.05, 0.1) is 6.04 Å². The summed E-state index contributed by atoms with van der Waals surface area (Å²) in [5.74, 6) is 0.0205. The van der Waals surface area contributed by atoms with E-state index >= 15 is 0 Å². The van der Waals surface area contributed by atoms with E-state index in [0.29, 0.717) is 5.69 Å². The van der Waals surface area contributed by atoms with Gasteiger partial charge in [-0.2, -0.15) is 5.10 Å². The third-order valence-corrected chi connectivity index (χ3v) is 4.20. The molecule has 0 bridgehead atoms. The standard InChI is InChI=1S/C17H22N4O/c1-2-6-14-11-15(20-19-14)17(22)21-10-4-3-8-16(21)13-7-5-9-18-12-13/h5,7,9,11-12,16H,2-4,6,8,10H2,1H3,(H,19,20)/t16-/m1/s1. The molecule has 3 rings (SSSR count). The highest BCUT2D eigenvalue weighted by molar-refractivity contribution is 5.92. The lowest BCUT2D eigenvalue weighted by molar-refractivity contribution is 0.0605. The van der Waals surface area contributed by atoms with Crippen LogP contribution in [0.3, 0.4) is 0 Å². The number of amides is 1. The average molecular weight is 298 g/mol. The molecule has 1 atom stereocenters. The van der Waals surface area contributed by atoms with E-state index in [2.05, 4.69) is 28.2 Å². The first kappa shape index (κ1) is 14.8. The maximum atomic E-state index is 12.8. The average Bonchev–Trinajstić information content (AvgIpc) is 3.04. The molecule has 5 heteroatoms. The number of carbonyl (C=O) groups excluding carboxylic acids is 1. The lowest BCUT2D eigenvalue weighted by atomic mass is 9.96. The number of rotatable bonds is 4. The number of nitrogens with zero attached hydrogens (tertiary/aromatic N) is 3. The number of carbonyl (C=O) groups is 1. The molecule has 22 heavy (non-hydrogen) atoms. The molecule has 1 fully saturated rings. The highest BCUT2D eigenvalue weighted by Crippen LogP contribution is 2.31. The normalized spacial score (nSPS) is 18.4. The zero-order valence-corrected chi connectivity index (χ0v) is 13.0. The molecule has 3 heterocycles. The molecule has 0 saturated carbocycles. The smallest absolute Gasteiger partial charge is 0.274 e. The van der Waals surface area contributed by atoms with Crippen LogP contribution in [0.5, 0.6) is 0 Å². The molecule has 0 unspecified atom stereocenters. The van der Waals surface area contributed by atoms with Crippen LogP contribution in [0.15, 0.2) is 30.6 Å². The Morgan fingerprint density at radius 2 is 2.36 bits per heavy atom. The van der Waals surface area contributed by atoms with Crippen molar-refractivity contribution in [3.63, 3.8) is 0 Å². The van der Waals surface area contributed by atoms with Crippen LogP contribution in [0, 0.1) is 0 Å². The quantitative estimate of drug-likeness (QED) is 0.943. The second-order valence-corrected chi connectivity index (χ2v) is 5.82. The second-order valence-electron chi connectivity index (χ2n) is 5.82. The largest absolute Gasteiger partial charge is 0.330 e. The number of hydrogen-bond donors (Lipinski definition) is 1. The molecule has 1 amide bonds. The first-order chi connectivity index (χ1) is 10.8. The van der Waals surface area contributed by atoms with E-state index in [1.165, 1.54) is 0 Å². The summed E-state index contributed by atoms with van der Waals surface area (Å²) in [6, 6.07) is 5.98. The molecular formula is C17H22N4O. The Kier molecular flexibility index (Phi) is 4.51. The molecular weight excluding hydrogens is 276 g/mol. The monoisotopic (exact) mass is 298 g/mol. The fraction of sp³-hybridized carbons (Fsp3) is 0.471. The number of hydrogen-bond acceptors (Lipinski definition) is 3. The number of aromatic nitrogens is 3. The minimum atomic E-state index is 0.0205. The van der Waals surface area contributed by atoms with E-state index < -0.39 is 0 Å². The van der Waals surface area contributed by atoms with E-state index in [1.54, 1.807) is 6.20 Å². The zero-order valence-electron chi connectivity index (χ0n) is 13.0. The van der Waals surface area contributed by atoms with E-state index in [-0.39, 0.29) is 11.9 Å². The van der Waals surface area contributed by atoms with Gasteiger partial charge < -0.3 is 4.90 Å².